The molecule has 0 radical (unpaired) electrons. The van der Waals surface area contributed by atoms with Gasteiger partial charge >= 0.3 is 0 Å². The van der Waals surface area contributed by atoms with Crippen molar-refractivity contribution in [3.05, 3.63) is 53.8 Å². The summed E-state index contributed by atoms with van der Waals surface area (Å²) in [6, 6.07) is 11.7. The van der Waals surface area contributed by atoms with Gasteiger partial charge in [-0.05, 0) is 44.2 Å². The summed E-state index contributed by atoms with van der Waals surface area (Å²) in [5, 5.41) is 0.962. The monoisotopic (exact) mass is 540 g/mol. The van der Waals surface area contributed by atoms with Crippen LogP contribution in [-0.2, 0) is 14.8 Å². The van der Waals surface area contributed by atoms with E-state index in [0.29, 0.717) is 44.0 Å². The number of anilines is 2. The first-order chi connectivity index (χ1) is 16.3. The summed E-state index contributed by atoms with van der Waals surface area (Å²) >= 11 is 6.12. The van der Waals surface area contributed by atoms with E-state index in [1.54, 1.807) is 36.6 Å². The fraction of sp³-hybridized carbons (Fsp3) is 0.375. The number of likely N-dealkylation sites (N-methyl/N-ethyl adjacent to an activating group) is 1. The molecule has 1 amide bonds. The topological polar surface area (TPSA) is 86.1 Å². The van der Waals surface area contributed by atoms with Crippen molar-refractivity contribution in [3.8, 4) is 0 Å². The van der Waals surface area contributed by atoms with Crippen molar-refractivity contribution in [2.75, 3.05) is 55.4 Å². The van der Waals surface area contributed by atoms with Crippen molar-refractivity contribution >= 4 is 62.3 Å². The van der Waals surface area contributed by atoms with Crippen molar-refractivity contribution in [1.29, 1.82) is 0 Å². The summed E-state index contributed by atoms with van der Waals surface area (Å²) in [5.74, 6) is 0.142. The first-order valence-electron chi connectivity index (χ1n) is 11.4. The highest BCUT2D eigenvalue weighted by Gasteiger charge is 2.24. The SMILES string of the molecule is CCN(CC)C(=O)CN1CCN(c2cc(NS(=O)(=O)c3ccccc3Cl)cc3ccoc23)CC1.Cl. The lowest BCUT2D eigenvalue weighted by molar-refractivity contribution is -0.132. The van der Waals surface area contributed by atoms with Crippen LogP contribution in [0.3, 0.4) is 0 Å². The molecule has 0 unspecified atom stereocenters. The number of carbonyl (C=O) groups is 1. The largest absolute Gasteiger partial charge is 0.462 e. The summed E-state index contributed by atoms with van der Waals surface area (Å²) in [6.45, 7) is 8.65. The van der Waals surface area contributed by atoms with Crippen LogP contribution in [0.25, 0.3) is 11.0 Å². The minimum absolute atomic E-state index is 0. The van der Waals surface area contributed by atoms with Gasteiger partial charge < -0.3 is 14.2 Å². The Bertz CT molecular complexity index is 1270. The van der Waals surface area contributed by atoms with Crippen molar-refractivity contribution in [2.45, 2.75) is 18.7 Å². The molecule has 0 bridgehead atoms. The minimum atomic E-state index is -3.86. The molecule has 2 heterocycles. The number of furan rings is 1. The zero-order valence-corrected chi connectivity index (χ0v) is 22.1. The summed E-state index contributed by atoms with van der Waals surface area (Å²) in [7, 11) is -3.86. The number of carbonyl (C=O) groups excluding carboxylic acids is 1. The highest BCUT2D eigenvalue weighted by Crippen LogP contribution is 2.34. The minimum Gasteiger partial charge on any atom is -0.462 e. The maximum atomic E-state index is 13.0. The fourth-order valence-electron chi connectivity index (χ4n) is 4.24. The molecule has 0 aliphatic carbocycles. The van der Waals surface area contributed by atoms with Gasteiger partial charge in [-0.15, -0.1) is 12.4 Å². The van der Waals surface area contributed by atoms with E-state index < -0.39 is 10.0 Å². The molecule has 1 aliphatic rings. The van der Waals surface area contributed by atoms with Gasteiger partial charge in [0, 0.05) is 44.7 Å². The van der Waals surface area contributed by atoms with Crippen molar-refractivity contribution in [3.63, 3.8) is 0 Å². The first kappa shape index (κ1) is 27.1. The van der Waals surface area contributed by atoms with Crippen molar-refractivity contribution < 1.29 is 17.6 Å². The highest BCUT2D eigenvalue weighted by molar-refractivity contribution is 7.92. The average molecular weight is 542 g/mol. The van der Waals surface area contributed by atoms with E-state index >= 15 is 0 Å². The van der Waals surface area contributed by atoms with Gasteiger partial charge in [-0.2, -0.15) is 0 Å². The molecule has 0 saturated carbocycles. The van der Waals surface area contributed by atoms with E-state index in [1.165, 1.54) is 6.07 Å². The fourth-order valence-corrected chi connectivity index (χ4v) is 5.81. The Morgan fingerprint density at radius 1 is 1.09 bits per heavy atom. The van der Waals surface area contributed by atoms with E-state index in [0.717, 1.165) is 24.2 Å². The van der Waals surface area contributed by atoms with Crippen LogP contribution in [0, 0.1) is 0 Å². The number of amides is 1. The van der Waals surface area contributed by atoms with Crippen LogP contribution < -0.4 is 9.62 Å². The number of rotatable bonds is 8. The molecule has 0 spiro atoms. The molecule has 2 aromatic carbocycles. The molecule has 190 valence electrons. The molecule has 1 N–H and O–H groups in total. The Morgan fingerprint density at radius 3 is 2.43 bits per heavy atom. The zero-order valence-electron chi connectivity index (χ0n) is 19.7. The summed E-state index contributed by atoms with van der Waals surface area (Å²) in [6.07, 6.45) is 1.60. The number of fused-ring (bicyclic) bond motifs is 1. The zero-order chi connectivity index (χ0) is 24.3. The normalized spacial score (nSPS) is 14.5. The third kappa shape index (κ3) is 6.03. The summed E-state index contributed by atoms with van der Waals surface area (Å²) in [4.78, 5) is 18.6. The van der Waals surface area contributed by atoms with Gasteiger partial charge in [-0.1, -0.05) is 23.7 Å². The number of nitrogens with zero attached hydrogens (tertiary/aromatic N) is 3. The number of hydrogen-bond donors (Lipinski definition) is 1. The van der Waals surface area contributed by atoms with Crippen LogP contribution in [0.5, 0.6) is 0 Å². The number of sulfonamides is 1. The Kier molecular flexibility index (Phi) is 8.93. The van der Waals surface area contributed by atoms with E-state index in [9.17, 15) is 13.2 Å². The first-order valence-corrected chi connectivity index (χ1v) is 13.2. The Labute approximate surface area is 217 Å². The standard InChI is InChI=1S/C24H29ClN4O4S.ClH/c1-3-28(4-2)23(30)17-27-10-12-29(13-11-27)21-16-19(15-18-9-14-33-24(18)21)26-34(31,32)22-8-6-5-7-20(22)25;/h5-9,14-16,26H,3-4,10-13,17H2,1-2H3;1H. The van der Waals surface area contributed by atoms with E-state index in [4.69, 9.17) is 16.0 Å². The van der Waals surface area contributed by atoms with E-state index in [2.05, 4.69) is 14.5 Å². The van der Waals surface area contributed by atoms with Gasteiger partial charge in [-0.3, -0.25) is 14.4 Å². The second-order valence-corrected chi connectivity index (χ2v) is 10.3. The number of halogens is 2. The number of benzene rings is 2. The molecule has 1 saturated heterocycles. The Balaban J connectivity index is 0.00000342. The summed E-state index contributed by atoms with van der Waals surface area (Å²) < 4.78 is 34.3. The maximum Gasteiger partial charge on any atom is 0.263 e. The second-order valence-electron chi connectivity index (χ2n) is 8.20. The number of piperazine rings is 1. The van der Waals surface area contributed by atoms with Crippen LogP contribution in [0.2, 0.25) is 5.02 Å². The maximum absolute atomic E-state index is 13.0. The van der Waals surface area contributed by atoms with Crippen LogP contribution >= 0.6 is 24.0 Å². The van der Waals surface area contributed by atoms with Crippen molar-refractivity contribution in [2.24, 2.45) is 0 Å². The third-order valence-electron chi connectivity index (χ3n) is 6.10. The molecule has 0 atom stereocenters. The molecular weight excluding hydrogens is 511 g/mol. The lowest BCUT2D eigenvalue weighted by atomic mass is 10.1. The second kappa shape index (κ2) is 11.5. The highest BCUT2D eigenvalue weighted by atomic mass is 35.5. The van der Waals surface area contributed by atoms with E-state index in [1.807, 2.05) is 24.8 Å². The Morgan fingerprint density at radius 2 is 1.77 bits per heavy atom. The van der Waals surface area contributed by atoms with Gasteiger partial charge in [0.15, 0.2) is 5.58 Å². The smallest absolute Gasteiger partial charge is 0.263 e. The molecule has 11 heteroatoms. The average Bonchev–Trinajstić information content (AvgIpc) is 3.28. The van der Waals surface area contributed by atoms with Gasteiger partial charge in [-0.25, -0.2) is 8.42 Å². The molecule has 8 nitrogen and oxygen atoms in total. The van der Waals surface area contributed by atoms with Gasteiger partial charge in [0.05, 0.1) is 29.2 Å². The number of hydrogen-bond acceptors (Lipinski definition) is 6. The predicted octanol–water partition coefficient (Wildman–Crippen LogP) is 4.30. The van der Waals surface area contributed by atoms with Crippen molar-refractivity contribution in [1.82, 2.24) is 9.80 Å². The molecule has 1 aromatic heterocycles. The van der Waals surface area contributed by atoms with Crippen LogP contribution in [-0.4, -0.2) is 69.9 Å². The Hall–Kier alpha value is -2.46. The van der Waals surface area contributed by atoms with Crippen LogP contribution in [0.1, 0.15) is 13.8 Å². The van der Waals surface area contributed by atoms with E-state index in [-0.39, 0.29) is 28.2 Å². The number of nitrogens with one attached hydrogen (secondary N) is 1. The lowest BCUT2D eigenvalue weighted by Crippen LogP contribution is -2.50. The van der Waals surface area contributed by atoms with Crippen LogP contribution in [0.4, 0.5) is 11.4 Å². The molecule has 4 rings (SSSR count). The van der Waals surface area contributed by atoms with Gasteiger partial charge in [0.25, 0.3) is 10.0 Å². The molecule has 1 fully saturated rings. The predicted molar refractivity (Wildman–Crippen MR) is 142 cm³/mol. The quantitative estimate of drug-likeness (QED) is 0.458. The summed E-state index contributed by atoms with van der Waals surface area (Å²) in [5.41, 5.74) is 1.95. The lowest BCUT2D eigenvalue weighted by Gasteiger charge is -2.36. The molecule has 1 aliphatic heterocycles. The van der Waals surface area contributed by atoms with Gasteiger partial charge in [0.1, 0.15) is 4.90 Å². The third-order valence-corrected chi connectivity index (χ3v) is 7.98. The van der Waals surface area contributed by atoms with Crippen LogP contribution in [0.15, 0.2) is 58.0 Å². The molecule has 35 heavy (non-hydrogen) atoms. The molecular formula is C24H30Cl2N4O4S. The molecule has 3 aromatic rings. The van der Waals surface area contributed by atoms with Gasteiger partial charge in [0.2, 0.25) is 5.91 Å².